The van der Waals surface area contributed by atoms with Gasteiger partial charge in [0, 0.05) is 43.4 Å². The van der Waals surface area contributed by atoms with E-state index in [2.05, 4.69) is 30.1 Å². The fraction of sp³-hybridized carbons (Fsp3) is 0.652. The third kappa shape index (κ3) is 4.58. The molecule has 0 unspecified atom stereocenters. The third-order valence-corrected chi connectivity index (χ3v) is 8.62. The van der Waals surface area contributed by atoms with Crippen LogP contribution in [0.5, 0.6) is 0 Å². The number of nitrogens with one attached hydrogen (secondary N) is 1. The minimum absolute atomic E-state index is 0.0873. The summed E-state index contributed by atoms with van der Waals surface area (Å²) in [6.07, 6.45) is 6.14. The van der Waals surface area contributed by atoms with Crippen LogP contribution in [0.2, 0.25) is 0 Å². The van der Waals surface area contributed by atoms with E-state index in [1.807, 2.05) is 12.3 Å². The van der Waals surface area contributed by atoms with Gasteiger partial charge in [-0.15, -0.1) is 0 Å². The normalized spacial score (nSPS) is 18.9. The quantitative estimate of drug-likeness (QED) is 0.653. The first-order chi connectivity index (χ1) is 14.2. The van der Waals surface area contributed by atoms with Crippen LogP contribution in [0, 0.1) is 11.2 Å². The van der Waals surface area contributed by atoms with Gasteiger partial charge in [0.1, 0.15) is 5.82 Å². The van der Waals surface area contributed by atoms with Crippen molar-refractivity contribution in [1.29, 1.82) is 0 Å². The lowest BCUT2D eigenvalue weighted by atomic mass is 9.89. The lowest BCUT2D eigenvalue weighted by Gasteiger charge is -2.25. The Kier molecular flexibility index (Phi) is 5.99. The molecule has 0 amide bonds. The maximum Gasteiger partial charge on any atom is 0.214 e. The van der Waals surface area contributed by atoms with Crippen LogP contribution in [-0.2, 0) is 27.8 Å². The number of hydrogen-bond acceptors (Lipinski definition) is 3. The summed E-state index contributed by atoms with van der Waals surface area (Å²) in [5.41, 5.74) is 2.66. The van der Waals surface area contributed by atoms with E-state index in [-0.39, 0.29) is 28.9 Å². The van der Waals surface area contributed by atoms with Crippen molar-refractivity contribution in [3.05, 3.63) is 35.3 Å². The summed E-state index contributed by atoms with van der Waals surface area (Å²) in [4.78, 5) is 0. The van der Waals surface area contributed by atoms with Crippen molar-refractivity contribution in [1.82, 2.24) is 9.29 Å². The fourth-order valence-corrected chi connectivity index (χ4v) is 5.59. The monoisotopic (exact) mass is 436 g/mol. The molecule has 30 heavy (non-hydrogen) atoms. The van der Waals surface area contributed by atoms with Gasteiger partial charge in [0.25, 0.3) is 0 Å². The molecule has 5 nitrogen and oxygen atoms in total. The predicted octanol–water partition coefficient (Wildman–Crippen LogP) is 4.69. The van der Waals surface area contributed by atoms with Crippen molar-refractivity contribution in [2.24, 2.45) is 5.41 Å². The lowest BCUT2D eigenvalue weighted by Crippen LogP contribution is -2.26. The Labute approximate surface area is 179 Å². The maximum atomic E-state index is 15.1. The van der Waals surface area contributed by atoms with Gasteiger partial charge in [-0.3, -0.25) is 0 Å². The summed E-state index contributed by atoms with van der Waals surface area (Å²) < 4.78 is 50.1. The molecule has 2 heterocycles. The molecular weight excluding hydrogens is 403 g/mol. The van der Waals surface area contributed by atoms with Gasteiger partial charge in [0.15, 0.2) is 0 Å². The van der Waals surface area contributed by atoms with Crippen LogP contribution in [0.25, 0.3) is 10.9 Å². The summed E-state index contributed by atoms with van der Waals surface area (Å²) in [5, 5.41) is 0.537. The van der Waals surface area contributed by atoms with E-state index in [1.54, 1.807) is 6.07 Å². The highest BCUT2D eigenvalue weighted by Gasteiger charge is 2.35. The number of ether oxygens (including phenoxy) is 1. The van der Waals surface area contributed by atoms with E-state index in [9.17, 15) is 8.42 Å². The van der Waals surface area contributed by atoms with Crippen LogP contribution < -0.4 is 4.72 Å². The zero-order valence-corrected chi connectivity index (χ0v) is 19.0. The van der Waals surface area contributed by atoms with E-state index in [4.69, 9.17) is 4.74 Å². The topological polar surface area (TPSA) is 60.3 Å². The molecule has 1 aliphatic carbocycles. The van der Waals surface area contributed by atoms with E-state index < -0.39 is 10.0 Å². The second kappa shape index (κ2) is 8.24. The Morgan fingerprint density at radius 3 is 2.53 bits per heavy atom. The van der Waals surface area contributed by atoms with E-state index in [1.165, 1.54) is 0 Å². The van der Waals surface area contributed by atoms with Gasteiger partial charge in [0.2, 0.25) is 10.0 Å². The molecule has 0 bridgehead atoms. The average molecular weight is 437 g/mol. The standard InChI is InChI=1S/C23H33FN2O3S/c1-4-23(2,3)15-26-14-17(13-25-30(27,28)18-5-6-18)20-11-21(24)19(12-22(20)26)16-7-9-29-10-8-16/h11-12,14,16,18,25H,4-10,13,15H2,1-3H3. The number of benzene rings is 1. The average Bonchev–Trinajstić information content (AvgIpc) is 3.52. The van der Waals surface area contributed by atoms with Crippen LogP contribution in [-0.4, -0.2) is 31.4 Å². The van der Waals surface area contributed by atoms with Gasteiger partial charge in [-0.1, -0.05) is 20.8 Å². The number of nitrogens with zero attached hydrogens (tertiary/aromatic N) is 1. The third-order valence-electron chi connectivity index (χ3n) is 6.73. The molecule has 1 saturated heterocycles. The van der Waals surface area contributed by atoms with E-state index in [0.29, 0.717) is 13.2 Å². The fourth-order valence-electron chi connectivity index (χ4n) is 4.24. The second-order valence-electron chi connectivity index (χ2n) is 9.64. The zero-order valence-electron chi connectivity index (χ0n) is 18.2. The summed E-state index contributed by atoms with van der Waals surface area (Å²) in [5.74, 6) is -0.0318. The second-order valence-corrected chi connectivity index (χ2v) is 11.7. The molecule has 1 saturated carbocycles. The van der Waals surface area contributed by atoms with Crippen molar-refractivity contribution in [3.63, 3.8) is 0 Å². The van der Waals surface area contributed by atoms with Crippen LogP contribution >= 0.6 is 0 Å². The van der Waals surface area contributed by atoms with Crippen LogP contribution in [0.15, 0.2) is 18.3 Å². The molecular formula is C23H33FN2O3S. The number of halogens is 1. The summed E-state index contributed by atoms with van der Waals surface area (Å²) >= 11 is 0. The molecule has 2 aromatic rings. The van der Waals surface area contributed by atoms with Crippen molar-refractivity contribution in [2.45, 2.75) is 77.1 Å². The number of fused-ring (bicyclic) bond motifs is 1. The Bertz CT molecular complexity index is 1020. The number of sulfonamides is 1. The maximum absolute atomic E-state index is 15.1. The lowest BCUT2D eigenvalue weighted by molar-refractivity contribution is 0.0846. The number of rotatable bonds is 8. The SMILES string of the molecule is CCC(C)(C)Cn1cc(CNS(=O)(=O)C2CC2)c2cc(F)c(C3CCOCC3)cc21. The van der Waals surface area contributed by atoms with Crippen molar-refractivity contribution in [3.8, 4) is 0 Å². The van der Waals surface area contributed by atoms with Crippen LogP contribution in [0.3, 0.4) is 0 Å². The number of hydrogen-bond donors (Lipinski definition) is 1. The molecule has 1 aromatic heterocycles. The zero-order chi connectivity index (χ0) is 21.5. The largest absolute Gasteiger partial charge is 0.381 e. The van der Waals surface area contributed by atoms with Gasteiger partial charge >= 0.3 is 0 Å². The van der Waals surface area contributed by atoms with E-state index >= 15 is 4.39 Å². The molecule has 0 radical (unpaired) electrons. The Morgan fingerprint density at radius 2 is 1.90 bits per heavy atom. The number of aromatic nitrogens is 1. The van der Waals surface area contributed by atoms with Crippen molar-refractivity contribution < 1.29 is 17.5 Å². The van der Waals surface area contributed by atoms with Crippen LogP contribution in [0.4, 0.5) is 4.39 Å². The minimum Gasteiger partial charge on any atom is -0.381 e. The molecule has 2 fully saturated rings. The molecule has 0 spiro atoms. The van der Waals surface area contributed by atoms with Gasteiger partial charge in [-0.25, -0.2) is 17.5 Å². The van der Waals surface area contributed by atoms with Crippen molar-refractivity contribution in [2.75, 3.05) is 13.2 Å². The van der Waals surface area contributed by atoms with Crippen molar-refractivity contribution >= 4 is 20.9 Å². The Morgan fingerprint density at radius 1 is 1.20 bits per heavy atom. The predicted molar refractivity (Wildman–Crippen MR) is 118 cm³/mol. The molecule has 2 aliphatic rings. The first-order valence-corrected chi connectivity index (χ1v) is 12.6. The van der Waals surface area contributed by atoms with Gasteiger partial charge in [-0.2, -0.15) is 0 Å². The first-order valence-electron chi connectivity index (χ1n) is 11.1. The molecule has 1 N–H and O–H groups in total. The van der Waals surface area contributed by atoms with E-state index in [0.717, 1.165) is 60.7 Å². The van der Waals surface area contributed by atoms with Crippen LogP contribution in [0.1, 0.15) is 69.9 Å². The Hall–Kier alpha value is -1.44. The molecule has 1 aliphatic heterocycles. The summed E-state index contributed by atoms with van der Waals surface area (Å²) in [6.45, 7) is 8.94. The Balaban J connectivity index is 1.72. The minimum atomic E-state index is -3.29. The molecule has 7 heteroatoms. The highest BCUT2D eigenvalue weighted by atomic mass is 32.2. The molecule has 4 rings (SSSR count). The van der Waals surface area contributed by atoms with Gasteiger partial charge in [0.05, 0.1) is 5.25 Å². The van der Waals surface area contributed by atoms with Gasteiger partial charge < -0.3 is 9.30 Å². The summed E-state index contributed by atoms with van der Waals surface area (Å²) in [6, 6.07) is 3.60. The highest BCUT2D eigenvalue weighted by Crippen LogP contribution is 2.35. The molecule has 0 atom stereocenters. The highest BCUT2D eigenvalue weighted by molar-refractivity contribution is 7.90. The smallest absolute Gasteiger partial charge is 0.214 e. The van der Waals surface area contributed by atoms with Gasteiger partial charge in [-0.05, 0) is 66.7 Å². The summed E-state index contributed by atoms with van der Waals surface area (Å²) in [7, 11) is -3.29. The molecule has 1 aromatic carbocycles. The first kappa shape index (κ1) is 21.8. The molecule has 166 valence electrons.